The molecule has 1 amide bonds. The van der Waals surface area contributed by atoms with Crippen LogP contribution in [0.4, 0.5) is 4.39 Å². The molecular weight excluding hydrogens is 369 g/mol. The Balaban J connectivity index is 1.54. The largest absolute Gasteiger partial charge is 0.384 e. The molecule has 3 heterocycles. The molecule has 29 heavy (non-hydrogen) atoms. The Hall–Kier alpha value is -2.31. The molecule has 0 spiro atoms. The first-order chi connectivity index (χ1) is 14.0. The normalized spacial score (nSPS) is 24.1. The highest BCUT2D eigenvalue weighted by molar-refractivity contribution is 5.77. The molecule has 5 nitrogen and oxygen atoms in total. The zero-order chi connectivity index (χ0) is 20.4. The fourth-order valence-electron chi connectivity index (χ4n) is 4.89. The van der Waals surface area contributed by atoms with E-state index in [0.29, 0.717) is 31.4 Å². The zero-order valence-corrected chi connectivity index (χ0v) is 17.1. The monoisotopic (exact) mass is 397 g/mol. The van der Waals surface area contributed by atoms with Gasteiger partial charge in [-0.05, 0) is 42.7 Å². The summed E-state index contributed by atoms with van der Waals surface area (Å²) in [5.74, 6) is 0.518. The van der Waals surface area contributed by atoms with E-state index in [1.807, 2.05) is 30.0 Å². The Morgan fingerprint density at radius 1 is 1.21 bits per heavy atom. The van der Waals surface area contributed by atoms with Crippen LogP contribution in [0.2, 0.25) is 0 Å². The molecule has 3 atom stereocenters. The molecule has 1 aromatic heterocycles. The van der Waals surface area contributed by atoms with Crippen LogP contribution in [0.15, 0.2) is 42.5 Å². The first-order valence-corrected chi connectivity index (χ1v) is 10.2. The van der Waals surface area contributed by atoms with Crippen LogP contribution in [0.25, 0.3) is 0 Å². The number of nitrogens with zero attached hydrogens (tertiary/aromatic N) is 3. The Morgan fingerprint density at radius 3 is 2.79 bits per heavy atom. The van der Waals surface area contributed by atoms with E-state index in [9.17, 15) is 9.18 Å². The maximum Gasteiger partial charge on any atom is 0.225 e. The molecule has 2 aliphatic rings. The number of likely N-dealkylation sites (tertiary alicyclic amines) is 2. The molecule has 0 bridgehead atoms. The van der Waals surface area contributed by atoms with Crippen molar-refractivity contribution in [2.24, 2.45) is 11.8 Å². The minimum atomic E-state index is -0.256. The van der Waals surface area contributed by atoms with Crippen LogP contribution in [0.5, 0.6) is 0 Å². The van der Waals surface area contributed by atoms with Crippen LogP contribution in [0, 0.1) is 24.6 Å². The summed E-state index contributed by atoms with van der Waals surface area (Å²) in [6, 6.07) is 12.7. The highest BCUT2D eigenvalue weighted by atomic mass is 19.1. The fourth-order valence-corrected chi connectivity index (χ4v) is 4.89. The Labute approximate surface area is 171 Å². The van der Waals surface area contributed by atoms with Gasteiger partial charge in [-0.3, -0.25) is 14.7 Å². The Morgan fingerprint density at radius 2 is 2.03 bits per heavy atom. The number of methoxy groups -OCH3 is 1. The number of benzene rings is 1. The van der Waals surface area contributed by atoms with Gasteiger partial charge in [-0.25, -0.2) is 4.39 Å². The second kappa shape index (κ2) is 8.59. The number of halogens is 1. The molecule has 154 valence electrons. The number of hydrogen-bond acceptors (Lipinski definition) is 4. The Bertz CT molecular complexity index is 875. The molecule has 2 fully saturated rings. The fraction of sp³-hybridized carbons (Fsp3) is 0.478. The third-order valence-corrected chi connectivity index (χ3v) is 6.10. The lowest BCUT2D eigenvalue weighted by Gasteiger charge is -2.30. The molecule has 6 heteroatoms. The highest BCUT2D eigenvalue weighted by Gasteiger charge is 2.48. The standard InChI is InChI=1S/C23H28FN3O2/c1-16-5-3-8-20(25-16)14-26-12-18-13-27(22(28)9-10-29-2)23(21(18)15-26)17-6-4-7-19(24)11-17/h3-8,11,18,21,23H,9-10,12-15H2,1-2H3/t18-,21-,23-/m0/s1. The number of amides is 1. The quantitative estimate of drug-likeness (QED) is 0.751. The van der Waals surface area contributed by atoms with Crippen molar-refractivity contribution < 1.29 is 13.9 Å². The van der Waals surface area contributed by atoms with Crippen LogP contribution in [0.3, 0.4) is 0 Å². The summed E-state index contributed by atoms with van der Waals surface area (Å²) >= 11 is 0. The maximum absolute atomic E-state index is 14.0. The van der Waals surface area contributed by atoms with Crippen LogP contribution in [-0.4, -0.2) is 54.0 Å². The number of aryl methyl sites for hydroxylation is 1. The lowest BCUT2D eigenvalue weighted by Crippen LogP contribution is -2.36. The van der Waals surface area contributed by atoms with E-state index >= 15 is 0 Å². The SMILES string of the molecule is COCCC(=O)N1C[C@@H]2CN(Cc3cccc(C)n3)C[C@@H]2[C@@H]1c1cccc(F)c1. The molecule has 1 aromatic carbocycles. The molecular formula is C23H28FN3O2. The van der Waals surface area contributed by atoms with Gasteiger partial charge in [0.05, 0.1) is 24.8 Å². The van der Waals surface area contributed by atoms with E-state index in [4.69, 9.17) is 4.74 Å². The van der Waals surface area contributed by atoms with Crippen LogP contribution >= 0.6 is 0 Å². The van der Waals surface area contributed by atoms with Crippen LogP contribution in [-0.2, 0) is 16.1 Å². The minimum absolute atomic E-state index is 0.0856. The number of carbonyl (C=O) groups excluding carboxylic acids is 1. The van der Waals surface area contributed by atoms with Crippen molar-refractivity contribution >= 4 is 5.91 Å². The molecule has 4 rings (SSSR count). The minimum Gasteiger partial charge on any atom is -0.384 e. The van der Waals surface area contributed by atoms with Gasteiger partial charge in [0.2, 0.25) is 5.91 Å². The molecule has 2 saturated heterocycles. The lowest BCUT2D eigenvalue weighted by atomic mass is 9.89. The zero-order valence-electron chi connectivity index (χ0n) is 17.1. The van der Waals surface area contributed by atoms with Crippen molar-refractivity contribution in [2.75, 3.05) is 33.4 Å². The molecule has 0 radical (unpaired) electrons. The van der Waals surface area contributed by atoms with Crippen molar-refractivity contribution in [2.45, 2.75) is 25.9 Å². The molecule has 2 aliphatic heterocycles. The highest BCUT2D eigenvalue weighted by Crippen LogP contribution is 2.45. The summed E-state index contributed by atoms with van der Waals surface area (Å²) in [6.07, 6.45) is 0.360. The number of ether oxygens (including phenoxy) is 1. The third kappa shape index (κ3) is 4.33. The van der Waals surface area contributed by atoms with Gasteiger partial charge in [0.15, 0.2) is 0 Å². The summed E-state index contributed by atoms with van der Waals surface area (Å²) in [6.45, 7) is 5.75. The lowest BCUT2D eigenvalue weighted by molar-refractivity contribution is -0.133. The van der Waals surface area contributed by atoms with E-state index in [1.165, 1.54) is 6.07 Å². The predicted octanol–water partition coefficient (Wildman–Crippen LogP) is 3.20. The number of pyridine rings is 1. The topological polar surface area (TPSA) is 45.7 Å². The van der Waals surface area contributed by atoms with Crippen molar-refractivity contribution in [1.29, 1.82) is 0 Å². The summed E-state index contributed by atoms with van der Waals surface area (Å²) in [5.41, 5.74) is 2.98. The van der Waals surface area contributed by atoms with E-state index < -0.39 is 0 Å². The van der Waals surface area contributed by atoms with Crippen molar-refractivity contribution in [1.82, 2.24) is 14.8 Å². The first kappa shape index (κ1) is 20.0. The van der Waals surface area contributed by atoms with Crippen molar-refractivity contribution in [3.05, 3.63) is 65.2 Å². The smallest absolute Gasteiger partial charge is 0.225 e. The molecule has 0 saturated carbocycles. The summed E-state index contributed by atoms with van der Waals surface area (Å²) < 4.78 is 19.1. The first-order valence-electron chi connectivity index (χ1n) is 10.2. The van der Waals surface area contributed by atoms with Gasteiger partial charge >= 0.3 is 0 Å². The maximum atomic E-state index is 14.0. The van der Waals surface area contributed by atoms with E-state index in [1.54, 1.807) is 19.2 Å². The van der Waals surface area contributed by atoms with E-state index in [0.717, 1.165) is 36.6 Å². The summed E-state index contributed by atoms with van der Waals surface area (Å²) in [7, 11) is 1.60. The molecule has 2 aromatic rings. The van der Waals surface area contributed by atoms with Gasteiger partial charge in [-0.2, -0.15) is 0 Å². The van der Waals surface area contributed by atoms with Crippen molar-refractivity contribution in [3.63, 3.8) is 0 Å². The van der Waals surface area contributed by atoms with Gasteiger partial charge in [-0.15, -0.1) is 0 Å². The summed E-state index contributed by atoms with van der Waals surface area (Å²) in [4.78, 5) is 21.8. The van der Waals surface area contributed by atoms with Gasteiger partial charge in [0.25, 0.3) is 0 Å². The van der Waals surface area contributed by atoms with Crippen LogP contribution < -0.4 is 0 Å². The molecule has 0 N–H and O–H groups in total. The average molecular weight is 397 g/mol. The van der Waals surface area contributed by atoms with Crippen molar-refractivity contribution in [3.8, 4) is 0 Å². The second-order valence-electron chi connectivity index (χ2n) is 8.18. The summed E-state index contributed by atoms with van der Waals surface area (Å²) in [5, 5.41) is 0. The molecule has 0 aliphatic carbocycles. The Kier molecular flexibility index (Phi) is 5.92. The number of hydrogen-bond donors (Lipinski definition) is 0. The second-order valence-corrected chi connectivity index (χ2v) is 8.18. The average Bonchev–Trinajstić information content (AvgIpc) is 3.23. The van der Waals surface area contributed by atoms with Gasteiger partial charge in [-0.1, -0.05) is 18.2 Å². The predicted molar refractivity (Wildman–Crippen MR) is 109 cm³/mol. The van der Waals surface area contributed by atoms with Gasteiger partial charge in [0, 0.05) is 44.9 Å². The number of carbonyl (C=O) groups is 1. The van der Waals surface area contributed by atoms with Gasteiger partial charge < -0.3 is 9.64 Å². The molecule has 0 unspecified atom stereocenters. The third-order valence-electron chi connectivity index (χ3n) is 6.10. The number of aromatic nitrogens is 1. The van der Waals surface area contributed by atoms with E-state index in [-0.39, 0.29) is 17.8 Å². The number of fused-ring (bicyclic) bond motifs is 1. The van der Waals surface area contributed by atoms with Gasteiger partial charge in [0.1, 0.15) is 5.82 Å². The number of rotatable bonds is 6. The van der Waals surface area contributed by atoms with Crippen LogP contribution in [0.1, 0.15) is 29.4 Å². The van der Waals surface area contributed by atoms with E-state index in [2.05, 4.69) is 16.0 Å².